The highest BCUT2D eigenvalue weighted by Crippen LogP contribution is 2.25. The number of ether oxygens (including phenoxy) is 1. The highest BCUT2D eigenvalue weighted by molar-refractivity contribution is 5.95. The Morgan fingerprint density at radius 3 is 3.00 bits per heavy atom. The topological polar surface area (TPSA) is 67.6 Å². The first-order valence-electron chi connectivity index (χ1n) is 7.86. The molecule has 0 spiro atoms. The number of amides is 1. The number of carbonyl (C=O) groups is 1. The lowest BCUT2D eigenvalue weighted by Crippen LogP contribution is -2.38. The van der Waals surface area contributed by atoms with Crippen molar-refractivity contribution < 1.29 is 19.0 Å². The Bertz CT molecular complexity index is 760. The smallest absolute Gasteiger partial charge is 0.278 e. The van der Waals surface area contributed by atoms with Crippen LogP contribution in [0.2, 0.25) is 0 Å². The minimum atomic E-state index is -0.344. The number of rotatable bonds is 4. The largest absolute Gasteiger partial charge is 0.504 e. The van der Waals surface area contributed by atoms with E-state index in [0.717, 1.165) is 12.8 Å². The van der Waals surface area contributed by atoms with E-state index in [1.807, 2.05) is 0 Å². The van der Waals surface area contributed by atoms with Crippen molar-refractivity contribution in [3.63, 3.8) is 0 Å². The number of hydrogen-bond donors (Lipinski definition) is 1. The van der Waals surface area contributed by atoms with Crippen molar-refractivity contribution >= 4 is 5.91 Å². The second-order valence-corrected chi connectivity index (χ2v) is 5.99. The van der Waals surface area contributed by atoms with Crippen molar-refractivity contribution in [2.45, 2.75) is 25.8 Å². The van der Waals surface area contributed by atoms with Gasteiger partial charge in [0.15, 0.2) is 11.4 Å². The lowest BCUT2D eigenvalue weighted by atomic mass is 10.2. The predicted octanol–water partition coefficient (Wildman–Crippen LogP) is 2.28. The molecule has 1 saturated heterocycles. The van der Waals surface area contributed by atoms with Gasteiger partial charge in [0.2, 0.25) is 0 Å². The Hall–Kier alpha value is -2.41. The molecule has 2 heterocycles. The first-order valence-corrected chi connectivity index (χ1v) is 7.86. The Balaban J connectivity index is 1.90. The van der Waals surface area contributed by atoms with Crippen LogP contribution in [0.5, 0.6) is 5.75 Å². The zero-order valence-corrected chi connectivity index (χ0v) is 13.7. The third kappa shape index (κ3) is 2.99. The number of likely N-dealkylation sites (tertiary alicyclic amines) is 1. The minimum Gasteiger partial charge on any atom is -0.504 e. The van der Waals surface area contributed by atoms with Gasteiger partial charge < -0.3 is 14.7 Å². The summed E-state index contributed by atoms with van der Waals surface area (Å²) in [6.45, 7) is 2.83. The summed E-state index contributed by atoms with van der Waals surface area (Å²) in [6, 6.07) is 4.26. The number of benzene rings is 1. The lowest BCUT2D eigenvalue weighted by molar-refractivity contribution is 0.0622. The Morgan fingerprint density at radius 2 is 2.29 bits per heavy atom. The van der Waals surface area contributed by atoms with Gasteiger partial charge in [-0.25, -0.2) is 9.07 Å². The predicted molar refractivity (Wildman–Crippen MR) is 85.9 cm³/mol. The summed E-state index contributed by atoms with van der Waals surface area (Å²) in [4.78, 5) is 14.4. The van der Waals surface area contributed by atoms with E-state index in [-0.39, 0.29) is 29.2 Å². The zero-order valence-electron chi connectivity index (χ0n) is 13.7. The molecule has 128 valence electrons. The van der Waals surface area contributed by atoms with Crippen LogP contribution >= 0.6 is 0 Å². The molecule has 0 bridgehead atoms. The van der Waals surface area contributed by atoms with Crippen LogP contribution in [0.3, 0.4) is 0 Å². The standard InChI is InChI=1S/C17H20FN3O3/c1-11-8-12(18)5-6-14(11)21-9-15(22)16(19-21)17(23)20-7-3-4-13(20)10-24-2/h5-6,8-9,13,22H,3-4,7,10H2,1-2H3. The summed E-state index contributed by atoms with van der Waals surface area (Å²) in [5, 5.41) is 14.4. The molecule has 24 heavy (non-hydrogen) atoms. The van der Waals surface area contributed by atoms with Crippen molar-refractivity contribution in [3.05, 3.63) is 41.5 Å². The quantitative estimate of drug-likeness (QED) is 0.932. The molecule has 1 aliphatic rings. The first-order chi connectivity index (χ1) is 11.5. The molecule has 6 nitrogen and oxygen atoms in total. The third-order valence-electron chi connectivity index (χ3n) is 4.30. The highest BCUT2D eigenvalue weighted by atomic mass is 19.1. The molecule has 1 aromatic heterocycles. The maximum absolute atomic E-state index is 13.2. The number of carbonyl (C=O) groups excluding carboxylic acids is 1. The van der Waals surface area contributed by atoms with Crippen LogP contribution in [0.4, 0.5) is 4.39 Å². The first kappa shape index (κ1) is 16.4. The van der Waals surface area contributed by atoms with Gasteiger partial charge in [-0.3, -0.25) is 4.79 Å². The number of aryl methyl sites for hydroxylation is 1. The number of methoxy groups -OCH3 is 1. The number of hydrogen-bond acceptors (Lipinski definition) is 4. The molecule has 2 aromatic rings. The fourth-order valence-corrected chi connectivity index (χ4v) is 3.12. The van der Waals surface area contributed by atoms with Gasteiger partial charge in [-0.15, -0.1) is 0 Å². The molecule has 7 heteroatoms. The maximum atomic E-state index is 13.2. The molecule has 1 amide bonds. The fraction of sp³-hybridized carbons (Fsp3) is 0.412. The molecule has 1 unspecified atom stereocenters. The van der Waals surface area contributed by atoms with Gasteiger partial charge in [0.05, 0.1) is 24.5 Å². The average molecular weight is 333 g/mol. The van der Waals surface area contributed by atoms with Gasteiger partial charge in [-0.05, 0) is 43.5 Å². The molecule has 1 N–H and O–H groups in total. The van der Waals surface area contributed by atoms with Crippen molar-refractivity contribution in [3.8, 4) is 11.4 Å². The normalized spacial score (nSPS) is 17.5. The SMILES string of the molecule is COCC1CCCN1C(=O)c1nn(-c2ccc(F)cc2C)cc1O. The average Bonchev–Trinajstić information content (AvgIpc) is 3.14. The van der Waals surface area contributed by atoms with Crippen LogP contribution in [-0.2, 0) is 4.74 Å². The summed E-state index contributed by atoms with van der Waals surface area (Å²) in [7, 11) is 1.60. The van der Waals surface area contributed by atoms with E-state index in [1.54, 1.807) is 25.0 Å². The zero-order chi connectivity index (χ0) is 17.3. The Kier molecular flexibility index (Phi) is 4.53. The van der Waals surface area contributed by atoms with E-state index < -0.39 is 0 Å². The molecule has 1 aliphatic heterocycles. The van der Waals surface area contributed by atoms with Crippen LogP contribution in [0.1, 0.15) is 28.9 Å². The molecular formula is C17H20FN3O3. The van der Waals surface area contributed by atoms with Crippen molar-refractivity contribution in [2.75, 3.05) is 20.3 Å². The van der Waals surface area contributed by atoms with Gasteiger partial charge in [0.1, 0.15) is 5.82 Å². The number of nitrogens with zero attached hydrogens (tertiary/aromatic N) is 3. The van der Waals surface area contributed by atoms with Crippen molar-refractivity contribution in [2.24, 2.45) is 0 Å². The van der Waals surface area contributed by atoms with Crippen LogP contribution in [0, 0.1) is 12.7 Å². The molecule has 1 atom stereocenters. The summed E-state index contributed by atoms with van der Waals surface area (Å²) >= 11 is 0. The summed E-state index contributed by atoms with van der Waals surface area (Å²) < 4.78 is 19.8. The fourth-order valence-electron chi connectivity index (χ4n) is 3.12. The molecule has 0 aliphatic carbocycles. The summed E-state index contributed by atoms with van der Waals surface area (Å²) in [6.07, 6.45) is 3.14. The summed E-state index contributed by atoms with van der Waals surface area (Å²) in [5.41, 5.74) is 1.28. The van der Waals surface area contributed by atoms with Gasteiger partial charge in [-0.1, -0.05) is 0 Å². The molecule has 3 rings (SSSR count). The number of halogens is 1. The number of aromatic hydroxyl groups is 1. The van der Waals surface area contributed by atoms with E-state index in [9.17, 15) is 14.3 Å². The van der Waals surface area contributed by atoms with E-state index in [2.05, 4.69) is 5.10 Å². The van der Waals surface area contributed by atoms with Crippen LogP contribution in [0.15, 0.2) is 24.4 Å². The molecular weight excluding hydrogens is 313 g/mol. The molecule has 0 radical (unpaired) electrons. The second kappa shape index (κ2) is 6.60. The molecule has 1 aromatic carbocycles. The van der Waals surface area contributed by atoms with Crippen molar-refractivity contribution in [1.82, 2.24) is 14.7 Å². The van der Waals surface area contributed by atoms with Gasteiger partial charge in [-0.2, -0.15) is 5.10 Å². The van der Waals surface area contributed by atoms with Gasteiger partial charge in [0.25, 0.3) is 5.91 Å². The molecule has 0 saturated carbocycles. The van der Waals surface area contributed by atoms with E-state index in [1.165, 1.54) is 23.0 Å². The van der Waals surface area contributed by atoms with Crippen LogP contribution < -0.4 is 0 Å². The summed E-state index contributed by atoms with van der Waals surface area (Å²) in [5.74, 6) is -0.847. The Morgan fingerprint density at radius 1 is 1.50 bits per heavy atom. The monoisotopic (exact) mass is 333 g/mol. The number of aromatic nitrogens is 2. The van der Waals surface area contributed by atoms with E-state index in [0.29, 0.717) is 24.4 Å². The maximum Gasteiger partial charge on any atom is 0.278 e. The van der Waals surface area contributed by atoms with E-state index >= 15 is 0 Å². The van der Waals surface area contributed by atoms with Gasteiger partial charge >= 0.3 is 0 Å². The minimum absolute atomic E-state index is 0.000364. The van der Waals surface area contributed by atoms with E-state index in [4.69, 9.17) is 4.74 Å². The highest BCUT2D eigenvalue weighted by Gasteiger charge is 2.32. The lowest BCUT2D eigenvalue weighted by Gasteiger charge is -2.23. The van der Waals surface area contributed by atoms with Crippen molar-refractivity contribution in [1.29, 1.82) is 0 Å². The third-order valence-corrected chi connectivity index (χ3v) is 4.30. The molecule has 1 fully saturated rings. The Labute approximate surface area is 139 Å². The van der Waals surface area contributed by atoms with Crippen LogP contribution in [-0.4, -0.2) is 52.0 Å². The second-order valence-electron chi connectivity index (χ2n) is 5.99. The van der Waals surface area contributed by atoms with Crippen LogP contribution in [0.25, 0.3) is 5.69 Å². The van der Waals surface area contributed by atoms with Gasteiger partial charge in [0, 0.05) is 13.7 Å².